The molecular weight excluding hydrogens is 332 g/mol. The SMILES string of the molecule is CCOc1ccc(C(Br)c2ccc(OC)c(OC)c2)cc1. The Hall–Kier alpha value is -1.68. The van der Waals surface area contributed by atoms with Crippen molar-refractivity contribution in [2.45, 2.75) is 11.8 Å². The summed E-state index contributed by atoms with van der Waals surface area (Å²) >= 11 is 3.73. The second-order valence-electron chi connectivity index (χ2n) is 4.48. The highest BCUT2D eigenvalue weighted by molar-refractivity contribution is 9.09. The van der Waals surface area contributed by atoms with E-state index in [4.69, 9.17) is 14.2 Å². The van der Waals surface area contributed by atoms with Gasteiger partial charge in [0.2, 0.25) is 0 Å². The summed E-state index contributed by atoms with van der Waals surface area (Å²) in [6.45, 7) is 2.65. The molecule has 0 amide bonds. The number of hydrogen-bond donors (Lipinski definition) is 0. The van der Waals surface area contributed by atoms with E-state index in [-0.39, 0.29) is 4.83 Å². The predicted molar refractivity (Wildman–Crippen MR) is 87.9 cm³/mol. The third-order valence-corrected chi connectivity index (χ3v) is 4.24. The Morgan fingerprint density at radius 3 is 2.10 bits per heavy atom. The number of halogens is 1. The van der Waals surface area contributed by atoms with E-state index in [9.17, 15) is 0 Å². The van der Waals surface area contributed by atoms with Crippen LogP contribution in [0.3, 0.4) is 0 Å². The molecule has 2 aromatic carbocycles. The van der Waals surface area contributed by atoms with E-state index in [1.165, 1.54) is 0 Å². The molecular formula is C17H19BrO3. The fourth-order valence-corrected chi connectivity index (χ4v) is 2.69. The van der Waals surface area contributed by atoms with Gasteiger partial charge in [0.15, 0.2) is 11.5 Å². The standard InChI is InChI=1S/C17H19BrO3/c1-4-21-14-8-5-12(6-9-14)17(18)13-7-10-15(19-2)16(11-13)20-3/h5-11,17H,4H2,1-3H3. The van der Waals surface area contributed by atoms with E-state index in [2.05, 4.69) is 28.1 Å². The first-order chi connectivity index (χ1) is 10.2. The lowest BCUT2D eigenvalue weighted by Gasteiger charge is -2.14. The van der Waals surface area contributed by atoms with Crippen LogP contribution < -0.4 is 14.2 Å². The van der Waals surface area contributed by atoms with Crippen molar-refractivity contribution in [1.29, 1.82) is 0 Å². The van der Waals surface area contributed by atoms with Gasteiger partial charge in [0.25, 0.3) is 0 Å². The maximum atomic E-state index is 5.46. The summed E-state index contributed by atoms with van der Waals surface area (Å²) in [7, 11) is 3.28. The molecule has 0 saturated heterocycles. The van der Waals surface area contributed by atoms with Crippen molar-refractivity contribution >= 4 is 15.9 Å². The van der Waals surface area contributed by atoms with E-state index in [0.717, 1.165) is 28.4 Å². The average molecular weight is 351 g/mol. The lowest BCUT2D eigenvalue weighted by Crippen LogP contribution is -1.97. The van der Waals surface area contributed by atoms with Crippen molar-refractivity contribution in [3.8, 4) is 17.2 Å². The third kappa shape index (κ3) is 3.70. The molecule has 0 aliphatic heterocycles. The molecule has 0 saturated carbocycles. The van der Waals surface area contributed by atoms with Crippen LogP contribution in [0.5, 0.6) is 17.2 Å². The fraction of sp³-hybridized carbons (Fsp3) is 0.294. The number of alkyl halides is 1. The van der Waals surface area contributed by atoms with Gasteiger partial charge >= 0.3 is 0 Å². The molecule has 2 aromatic rings. The predicted octanol–water partition coefficient (Wildman–Crippen LogP) is 4.59. The Morgan fingerprint density at radius 2 is 1.52 bits per heavy atom. The van der Waals surface area contributed by atoms with Crippen molar-refractivity contribution < 1.29 is 14.2 Å². The Bertz CT molecular complexity index is 581. The van der Waals surface area contributed by atoms with E-state index in [0.29, 0.717) is 6.61 Å². The van der Waals surface area contributed by atoms with Gasteiger partial charge in [0.05, 0.1) is 25.7 Å². The summed E-state index contributed by atoms with van der Waals surface area (Å²) in [5, 5.41) is 0. The van der Waals surface area contributed by atoms with Crippen LogP contribution in [0.2, 0.25) is 0 Å². The maximum Gasteiger partial charge on any atom is 0.161 e. The van der Waals surface area contributed by atoms with Gasteiger partial charge in [-0.1, -0.05) is 34.1 Å². The van der Waals surface area contributed by atoms with Crippen LogP contribution in [0.15, 0.2) is 42.5 Å². The summed E-state index contributed by atoms with van der Waals surface area (Å²) < 4.78 is 16.1. The molecule has 0 aliphatic carbocycles. The van der Waals surface area contributed by atoms with Gasteiger partial charge in [-0.25, -0.2) is 0 Å². The van der Waals surface area contributed by atoms with Crippen molar-refractivity contribution in [1.82, 2.24) is 0 Å². The minimum absolute atomic E-state index is 0.0907. The smallest absolute Gasteiger partial charge is 0.161 e. The minimum Gasteiger partial charge on any atom is -0.494 e. The van der Waals surface area contributed by atoms with Crippen molar-refractivity contribution in [2.24, 2.45) is 0 Å². The van der Waals surface area contributed by atoms with Gasteiger partial charge < -0.3 is 14.2 Å². The van der Waals surface area contributed by atoms with Crippen LogP contribution in [-0.4, -0.2) is 20.8 Å². The molecule has 0 fully saturated rings. The molecule has 0 spiro atoms. The summed E-state index contributed by atoms with van der Waals surface area (Å²) in [6, 6.07) is 14.0. The molecule has 0 N–H and O–H groups in total. The quantitative estimate of drug-likeness (QED) is 0.713. The summed E-state index contributed by atoms with van der Waals surface area (Å²) in [6.07, 6.45) is 0. The fourth-order valence-electron chi connectivity index (χ4n) is 2.10. The highest BCUT2D eigenvalue weighted by Gasteiger charge is 2.13. The Kier molecular flexibility index (Phi) is 5.51. The molecule has 21 heavy (non-hydrogen) atoms. The Morgan fingerprint density at radius 1 is 0.905 bits per heavy atom. The monoisotopic (exact) mass is 350 g/mol. The van der Waals surface area contributed by atoms with Gasteiger partial charge in [-0.05, 0) is 42.3 Å². The van der Waals surface area contributed by atoms with Gasteiger partial charge in [0.1, 0.15) is 5.75 Å². The number of benzene rings is 2. The lowest BCUT2D eigenvalue weighted by atomic mass is 10.0. The summed E-state index contributed by atoms with van der Waals surface area (Å²) in [5.74, 6) is 2.34. The zero-order valence-electron chi connectivity index (χ0n) is 12.4. The van der Waals surface area contributed by atoms with Gasteiger partial charge in [-0.15, -0.1) is 0 Å². The molecule has 0 radical (unpaired) electrons. The molecule has 0 aromatic heterocycles. The molecule has 0 heterocycles. The Balaban J connectivity index is 2.24. The molecule has 1 atom stereocenters. The van der Waals surface area contributed by atoms with Crippen LogP contribution in [-0.2, 0) is 0 Å². The highest BCUT2D eigenvalue weighted by Crippen LogP contribution is 2.36. The van der Waals surface area contributed by atoms with Crippen molar-refractivity contribution in [2.75, 3.05) is 20.8 Å². The topological polar surface area (TPSA) is 27.7 Å². The zero-order valence-corrected chi connectivity index (χ0v) is 14.0. The minimum atomic E-state index is 0.0907. The number of ether oxygens (including phenoxy) is 3. The number of methoxy groups -OCH3 is 2. The van der Waals surface area contributed by atoms with Crippen LogP contribution in [0.4, 0.5) is 0 Å². The summed E-state index contributed by atoms with van der Waals surface area (Å²) in [5.41, 5.74) is 2.27. The van der Waals surface area contributed by atoms with Gasteiger partial charge in [0, 0.05) is 0 Å². The van der Waals surface area contributed by atoms with Crippen LogP contribution in [0.1, 0.15) is 22.9 Å². The molecule has 0 aliphatic rings. The van der Waals surface area contributed by atoms with E-state index in [1.807, 2.05) is 37.3 Å². The molecule has 3 nitrogen and oxygen atoms in total. The van der Waals surface area contributed by atoms with Crippen LogP contribution in [0.25, 0.3) is 0 Å². The Labute approximate surface area is 134 Å². The van der Waals surface area contributed by atoms with E-state index >= 15 is 0 Å². The normalized spacial score (nSPS) is 11.8. The van der Waals surface area contributed by atoms with E-state index < -0.39 is 0 Å². The molecule has 112 valence electrons. The maximum absolute atomic E-state index is 5.46. The van der Waals surface area contributed by atoms with Crippen LogP contribution in [0, 0.1) is 0 Å². The van der Waals surface area contributed by atoms with Gasteiger partial charge in [-0.3, -0.25) is 0 Å². The first-order valence-corrected chi connectivity index (χ1v) is 7.70. The number of rotatable bonds is 6. The first kappa shape index (κ1) is 15.7. The molecule has 0 bridgehead atoms. The second kappa shape index (κ2) is 7.36. The van der Waals surface area contributed by atoms with Crippen molar-refractivity contribution in [3.05, 3.63) is 53.6 Å². The first-order valence-electron chi connectivity index (χ1n) is 6.78. The van der Waals surface area contributed by atoms with Crippen LogP contribution >= 0.6 is 15.9 Å². The van der Waals surface area contributed by atoms with E-state index in [1.54, 1.807) is 14.2 Å². The van der Waals surface area contributed by atoms with Crippen molar-refractivity contribution in [3.63, 3.8) is 0 Å². The largest absolute Gasteiger partial charge is 0.494 e. The highest BCUT2D eigenvalue weighted by atomic mass is 79.9. The average Bonchev–Trinajstić information content (AvgIpc) is 2.54. The summed E-state index contributed by atoms with van der Waals surface area (Å²) in [4.78, 5) is 0.0907. The molecule has 1 unspecified atom stereocenters. The molecule has 4 heteroatoms. The molecule has 2 rings (SSSR count). The second-order valence-corrected chi connectivity index (χ2v) is 5.39. The van der Waals surface area contributed by atoms with Gasteiger partial charge in [-0.2, -0.15) is 0 Å². The zero-order chi connectivity index (χ0) is 15.2. The third-order valence-electron chi connectivity index (χ3n) is 3.18. The number of hydrogen-bond acceptors (Lipinski definition) is 3. The lowest BCUT2D eigenvalue weighted by molar-refractivity contribution is 0.340.